The smallest absolute Gasteiger partial charge is 0.239 e. The Kier molecular flexibility index (Phi) is 5.93. The molecule has 1 fully saturated rings. The Morgan fingerprint density at radius 3 is 2.41 bits per heavy atom. The van der Waals surface area contributed by atoms with Crippen molar-refractivity contribution in [2.75, 3.05) is 38.0 Å². The summed E-state index contributed by atoms with van der Waals surface area (Å²) < 4.78 is 31.7. The Bertz CT molecular complexity index is 884. The van der Waals surface area contributed by atoms with Gasteiger partial charge in [0.1, 0.15) is 5.76 Å². The van der Waals surface area contributed by atoms with Crippen LogP contribution < -0.4 is 5.32 Å². The van der Waals surface area contributed by atoms with Crippen molar-refractivity contribution in [2.45, 2.75) is 19.6 Å². The molecule has 0 atom stereocenters. The Labute approximate surface area is 159 Å². The SMILES string of the molecule is Cc1ccc(CS(=O)(=O)N2CCN(CC(=O)Nc3cc(C)on3)CC2)cc1. The predicted octanol–water partition coefficient (Wildman–Crippen LogP) is 1.38. The fraction of sp³-hybridized carbons (Fsp3) is 0.444. The first-order valence-corrected chi connectivity index (χ1v) is 10.4. The van der Waals surface area contributed by atoms with Crippen molar-refractivity contribution in [3.8, 4) is 0 Å². The van der Waals surface area contributed by atoms with E-state index in [9.17, 15) is 13.2 Å². The number of amides is 1. The predicted molar refractivity (Wildman–Crippen MR) is 102 cm³/mol. The van der Waals surface area contributed by atoms with Gasteiger partial charge in [0.15, 0.2) is 5.82 Å². The summed E-state index contributed by atoms with van der Waals surface area (Å²) >= 11 is 0. The van der Waals surface area contributed by atoms with Gasteiger partial charge in [0.25, 0.3) is 0 Å². The lowest BCUT2D eigenvalue weighted by atomic mass is 10.2. The normalized spacial score (nSPS) is 16.4. The number of benzene rings is 1. The van der Waals surface area contributed by atoms with E-state index in [4.69, 9.17) is 4.52 Å². The summed E-state index contributed by atoms with van der Waals surface area (Å²) in [5.41, 5.74) is 1.88. The van der Waals surface area contributed by atoms with Crippen LogP contribution in [0, 0.1) is 13.8 Å². The summed E-state index contributed by atoms with van der Waals surface area (Å²) in [6.07, 6.45) is 0. The first kappa shape index (κ1) is 19.5. The maximum atomic E-state index is 12.6. The van der Waals surface area contributed by atoms with Crippen molar-refractivity contribution in [2.24, 2.45) is 0 Å². The Hall–Kier alpha value is -2.23. The average Bonchev–Trinajstić information content (AvgIpc) is 3.02. The number of aromatic nitrogens is 1. The monoisotopic (exact) mass is 392 g/mol. The molecule has 2 heterocycles. The number of carbonyl (C=O) groups excluding carboxylic acids is 1. The van der Waals surface area contributed by atoms with Crippen LogP contribution in [0.5, 0.6) is 0 Å². The number of piperazine rings is 1. The summed E-state index contributed by atoms with van der Waals surface area (Å²) in [5.74, 6) is 0.813. The molecule has 1 amide bonds. The highest BCUT2D eigenvalue weighted by atomic mass is 32.2. The molecule has 0 saturated carbocycles. The van der Waals surface area contributed by atoms with Crippen LogP contribution in [0.4, 0.5) is 5.82 Å². The molecule has 9 heteroatoms. The Morgan fingerprint density at radius 1 is 1.15 bits per heavy atom. The van der Waals surface area contributed by atoms with Gasteiger partial charge in [-0.15, -0.1) is 0 Å². The largest absolute Gasteiger partial charge is 0.360 e. The highest BCUT2D eigenvalue weighted by Gasteiger charge is 2.27. The van der Waals surface area contributed by atoms with E-state index in [1.165, 1.54) is 4.31 Å². The number of nitrogens with zero attached hydrogens (tertiary/aromatic N) is 3. The molecule has 27 heavy (non-hydrogen) atoms. The second-order valence-corrected chi connectivity index (χ2v) is 8.76. The van der Waals surface area contributed by atoms with E-state index in [2.05, 4.69) is 10.5 Å². The molecule has 146 valence electrons. The van der Waals surface area contributed by atoms with Gasteiger partial charge in [-0.3, -0.25) is 9.69 Å². The maximum absolute atomic E-state index is 12.6. The third-order valence-electron chi connectivity index (χ3n) is 4.46. The molecule has 1 saturated heterocycles. The van der Waals surface area contributed by atoms with Gasteiger partial charge < -0.3 is 9.84 Å². The summed E-state index contributed by atoms with van der Waals surface area (Å²) in [7, 11) is -3.36. The molecule has 3 rings (SSSR count). The number of aryl methyl sites for hydroxylation is 2. The molecular formula is C18H24N4O4S. The third kappa shape index (κ3) is 5.38. The fourth-order valence-electron chi connectivity index (χ4n) is 2.96. The molecule has 0 bridgehead atoms. The molecule has 0 unspecified atom stereocenters. The summed E-state index contributed by atoms with van der Waals surface area (Å²) in [5, 5.41) is 6.40. The Balaban J connectivity index is 1.48. The molecule has 1 aliphatic rings. The topological polar surface area (TPSA) is 95.8 Å². The van der Waals surface area contributed by atoms with Crippen LogP contribution in [0.3, 0.4) is 0 Å². The molecule has 0 aliphatic carbocycles. The van der Waals surface area contributed by atoms with E-state index < -0.39 is 10.0 Å². The van der Waals surface area contributed by atoms with Gasteiger partial charge in [0.2, 0.25) is 15.9 Å². The van der Waals surface area contributed by atoms with Gasteiger partial charge >= 0.3 is 0 Å². The molecule has 1 aromatic carbocycles. The van der Waals surface area contributed by atoms with Crippen molar-refractivity contribution in [1.29, 1.82) is 0 Å². The minimum Gasteiger partial charge on any atom is -0.360 e. The van der Waals surface area contributed by atoms with Crippen molar-refractivity contribution < 1.29 is 17.7 Å². The lowest BCUT2D eigenvalue weighted by Crippen LogP contribution is -2.50. The van der Waals surface area contributed by atoms with Crippen molar-refractivity contribution >= 4 is 21.7 Å². The number of rotatable bonds is 6. The van der Waals surface area contributed by atoms with Crippen LogP contribution in [-0.2, 0) is 20.6 Å². The lowest BCUT2D eigenvalue weighted by Gasteiger charge is -2.33. The molecule has 1 aliphatic heterocycles. The van der Waals surface area contributed by atoms with Crippen LogP contribution in [0.1, 0.15) is 16.9 Å². The van der Waals surface area contributed by atoms with Gasteiger partial charge in [-0.2, -0.15) is 4.31 Å². The van der Waals surface area contributed by atoms with Crippen LogP contribution in [0.2, 0.25) is 0 Å². The minimum absolute atomic E-state index is 0.000718. The number of hydrogen-bond acceptors (Lipinski definition) is 6. The van der Waals surface area contributed by atoms with Crippen LogP contribution in [0.15, 0.2) is 34.9 Å². The summed E-state index contributed by atoms with van der Waals surface area (Å²) in [4.78, 5) is 14.0. The van der Waals surface area contributed by atoms with Crippen molar-refractivity contribution in [3.63, 3.8) is 0 Å². The van der Waals surface area contributed by atoms with E-state index in [1.807, 2.05) is 36.1 Å². The molecule has 8 nitrogen and oxygen atoms in total. The van der Waals surface area contributed by atoms with Crippen molar-refractivity contribution in [3.05, 3.63) is 47.2 Å². The highest BCUT2D eigenvalue weighted by Crippen LogP contribution is 2.14. The fourth-order valence-corrected chi connectivity index (χ4v) is 4.48. The first-order chi connectivity index (χ1) is 12.8. The minimum atomic E-state index is -3.36. The van der Waals surface area contributed by atoms with Crippen molar-refractivity contribution in [1.82, 2.24) is 14.4 Å². The quantitative estimate of drug-likeness (QED) is 0.798. The van der Waals surface area contributed by atoms with E-state index in [0.717, 1.165) is 11.1 Å². The number of anilines is 1. The standard InChI is InChI=1S/C18H24N4O4S/c1-14-3-5-16(6-4-14)13-27(24,25)22-9-7-21(8-10-22)12-18(23)19-17-11-15(2)26-20-17/h3-6,11H,7-10,12-13H2,1-2H3,(H,19,20,23). The highest BCUT2D eigenvalue weighted by molar-refractivity contribution is 7.88. The van der Waals surface area contributed by atoms with Crippen LogP contribution in [0.25, 0.3) is 0 Å². The van der Waals surface area contributed by atoms with Crippen LogP contribution >= 0.6 is 0 Å². The van der Waals surface area contributed by atoms with Gasteiger partial charge in [-0.1, -0.05) is 35.0 Å². The van der Waals surface area contributed by atoms with Gasteiger partial charge in [0, 0.05) is 32.2 Å². The first-order valence-electron chi connectivity index (χ1n) is 8.81. The molecule has 0 radical (unpaired) electrons. The van der Waals surface area contributed by atoms with E-state index in [1.54, 1.807) is 13.0 Å². The number of hydrogen-bond donors (Lipinski definition) is 1. The lowest BCUT2D eigenvalue weighted by molar-refractivity contribution is -0.117. The van der Waals surface area contributed by atoms with Gasteiger partial charge in [0.05, 0.1) is 12.3 Å². The Morgan fingerprint density at radius 2 is 1.81 bits per heavy atom. The van der Waals surface area contributed by atoms with Gasteiger partial charge in [-0.25, -0.2) is 8.42 Å². The van der Waals surface area contributed by atoms with E-state index in [-0.39, 0.29) is 18.2 Å². The van der Waals surface area contributed by atoms with E-state index in [0.29, 0.717) is 37.8 Å². The molecule has 1 N–H and O–H groups in total. The maximum Gasteiger partial charge on any atom is 0.239 e. The zero-order valence-corrected chi connectivity index (χ0v) is 16.3. The second kappa shape index (κ2) is 8.20. The zero-order valence-electron chi connectivity index (χ0n) is 15.5. The van der Waals surface area contributed by atoms with E-state index >= 15 is 0 Å². The molecule has 0 spiro atoms. The molecular weight excluding hydrogens is 368 g/mol. The number of carbonyl (C=O) groups is 1. The second-order valence-electron chi connectivity index (χ2n) is 6.79. The summed E-state index contributed by atoms with van der Waals surface area (Å²) in [6, 6.07) is 9.17. The number of nitrogens with one attached hydrogen (secondary N) is 1. The van der Waals surface area contributed by atoms with Crippen LogP contribution in [-0.4, -0.2) is 61.4 Å². The molecule has 1 aromatic heterocycles. The average molecular weight is 392 g/mol. The molecule has 2 aromatic rings. The zero-order chi connectivity index (χ0) is 19.4. The number of sulfonamides is 1. The third-order valence-corrected chi connectivity index (χ3v) is 6.31. The summed E-state index contributed by atoms with van der Waals surface area (Å²) in [6.45, 7) is 5.69. The van der Waals surface area contributed by atoms with Gasteiger partial charge in [-0.05, 0) is 19.4 Å².